The first-order chi connectivity index (χ1) is 6.09. The van der Waals surface area contributed by atoms with Crippen LogP contribution in [-0.4, -0.2) is 70.2 Å². The van der Waals surface area contributed by atoms with E-state index in [2.05, 4.69) is 0 Å². The third-order valence-electron chi connectivity index (χ3n) is 1.42. The third-order valence-corrected chi connectivity index (χ3v) is 1.42. The average Bonchev–Trinajstić information content (AvgIpc) is 2.07. The number of phenolic OH excluding ortho intramolecular Hbond substituents is 2. The van der Waals surface area contributed by atoms with Gasteiger partial charge in [-0.1, -0.05) is 6.07 Å². The van der Waals surface area contributed by atoms with Gasteiger partial charge in [-0.2, -0.15) is 0 Å². The summed E-state index contributed by atoms with van der Waals surface area (Å²) in [5.74, 6) is -1.56. The molecule has 3 N–H and O–H groups in total. The summed E-state index contributed by atoms with van der Waals surface area (Å²) in [5, 5.41) is 26.3. The molecule has 0 fully saturated rings. The summed E-state index contributed by atoms with van der Waals surface area (Å²) in [6, 6.07) is 4.06. The van der Waals surface area contributed by atoms with Crippen LogP contribution in [0.15, 0.2) is 24.3 Å². The Hall–Kier alpha value is -0.399. The normalized spacial score (nSPS) is 9.71. The van der Waals surface area contributed by atoms with E-state index in [9.17, 15) is 4.79 Å². The molecule has 0 bridgehead atoms. The minimum absolute atomic E-state index is 0. The molecule has 14 heavy (non-hydrogen) atoms. The fraction of sp³-hybridized carbons (Fsp3) is 0. The summed E-state index contributed by atoms with van der Waals surface area (Å²) in [6.07, 6.45) is 2.27. The average molecular weight is 320 g/mol. The fourth-order valence-electron chi connectivity index (χ4n) is 0.812. The van der Waals surface area contributed by atoms with Gasteiger partial charge in [-0.25, -0.2) is 4.79 Å². The molecular weight excluding hydrogens is 309 g/mol. The van der Waals surface area contributed by atoms with Crippen molar-refractivity contribution in [2.45, 2.75) is 0 Å². The predicted octanol–water partition coefficient (Wildman–Crippen LogP) is 0.279. The number of hydrogen-bond donors (Lipinski definition) is 3. The summed E-state index contributed by atoms with van der Waals surface area (Å²) in [6.45, 7) is 0. The molecule has 72 valence electrons. The van der Waals surface area contributed by atoms with Gasteiger partial charge in [0, 0.05) is 6.08 Å². The Bertz CT molecular complexity index is 360. The molecule has 0 aliphatic heterocycles. The number of carboxylic acid groups (broad SMARTS) is 1. The van der Waals surface area contributed by atoms with E-state index >= 15 is 0 Å². The maximum atomic E-state index is 10.1. The number of phenols is 2. The van der Waals surface area contributed by atoms with E-state index < -0.39 is 5.97 Å². The molecular formula is C9H10BaO4. The monoisotopic (exact) mass is 320 g/mol. The van der Waals surface area contributed by atoms with Gasteiger partial charge in [0.1, 0.15) is 0 Å². The van der Waals surface area contributed by atoms with Crippen molar-refractivity contribution in [2.75, 3.05) is 0 Å². The van der Waals surface area contributed by atoms with Crippen molar-refractivity contribution in [2.24, 2.45) is 0 Å². The second-order valence-electron chi connectivity index (χ2n) is 2.42. The minimum atomic E-state index is -1.06. The number of carbonyl (C=O) groups is 1. The molecule has 0 saturated carbocycles. The van der Waals surface area contributed by atoms with Crippen LogP contribution in [-0.2, 0) is 4.79 Å². The van der Waals surface area contributed by atoms with Crippen LogP contribution in [0, 0.1) is 0 Å². The Balaban J connectivity index is 0.00000169. The van der Waals surface area contributed by atoms with Crippen molar-refractivity contribution < 1.29 is 20.1 Å². The van der Waals surface area contributed by atoms with Gasteiger partial charge in [-0.15, -0.1) is 0 Å². The second-order valence-corrected chi connectivity index (χ2v) is 2.42. The summed E-state index contributed by atoms with van der Waals surface area (Å²) in [5.41, 5.74) is 0.512. The molecule has 0 amide bonds. The Morgan fingerprint density at radius 2 is 1.86 bits per heavy atom. The van der Waals surface area contributed by atoms with E-state index in [1.54, 1.807) is 0 Å². The molecule has 0 aliphatic rings. The number of carboxylic acids is 1. The standard InChI is InChI=1S/C9H8O4.Ba.2H/c10-7-3-1-6(5-8(7)11)2-4-9(12)13;;;/h1-5,10-11H,(H,12,13);;;. The zero-order chi connectivity index (χ0) is 9.84. The fourth-order valence-corrected chi connectivity index (χ4v) is 0.812. The van der Waals surface area contributed by atoms with Crippen LogP contribution >= 0.6 is 0 Å². The SMILES string of the molecule is O=C(O)C=Cc1ccc(O)c(O)c1.[BaH2]. The van der Waals surface area contributed by atoms with Gasteiger partial charge in [0.05, 0.1) is 0 Å². The molecule has 0 unspecified atom stereocenters. The number of aliphatic carboxylic acids is 1. The Kier molecular flexibility index (Phi) is 5.98. The first-order valence-corrected chi connectivity index (χ1v) is 3.52. The van der Waals surface area contributed by atoms with Gasteiger partial charge in [-0.05, 0) is 23.8 Å². The van der Waals surface area contributed by atoms with Gasteiger partial charge in [0.25, 0.3) is 0 Å². The van der Waals surface area contributed by atoms with Gasteiger partial charge in [0.2, 0.25) is 0 Å². The second kappa shape index (κ2) is 6.15. The summed E-state index contributed by atoms with van der Waals surface area (Å²) < 4.78 is 0. The maximum absolute atomic E-state index is 10.1. The van der Waals surface area contributed by atoms with Crippen molar-refractivity contribution in [3.8, 4) is 11.5 Å². The van der Waals surface area contributed by atoms with Crippen molar-refractivity contribution >= 4 is 60.9 Å². The molecule has 1 aromatic carbocycles. The number of benzene rings is 1. The topological polar surface area (TPSA) is 77.8 Å². The number of rotatable bonds is 2. The van der Waals surface area contributed by atoms with Crippen LogP contribution in [0.1, 0.15) is 5.56 Å². The molecule has 0 aliphatic carbocycles. The first kappa shape index (κ1) is 13.6. The quantitative estimate of drug-likeness (QED) is 0.416. The van der Waals surface area contributed by atoms with Crippen molar-refractivity contribution in [3.05, 3.63) is 29.8 Å². The van der Waals surface area contributed by atoms with Crippen LogP contribution in [0.2, 0.25) is 0 Å². The third kappa shape index (κ3) is 4.21. The molecule has 5 heteroatoms. The number of hydrogen-bond acceptors (Lipinski definition) is 3. The zero-order valence-electron chi connectivity index (χ0n) is 6.64. The molecule has 0 aromatic heterocycles. The van der Waals surface area contributed by atoms with E-state index in [-0.39, 0.29) is 60.4 Å². The van der Waals surface area contributed by atoms with Gasteiger partial charge >= 0.3 is 54.9 Å². The van der Waals surface area contributed by atoms with Gasteiger partial charge in [-0.3, -0.25) is 0 Å². The predicted molar refractivity (Wildman–Crippen MR) is 55.0 cm³/mol. The summed E-state index contributed by atoms with van der Waals surface area (Å²) in [7, 11) is 0. The Morgan fingerprint density at radius 3 is 2.36 bits per heavy atom. The van der Waals surface area contributed by atoms with E-state index in [1.807, 2.05) is 0 Å². The summed E-state index contributed by atoms with van der Waals surface area (Å²) >= 11 is 0. The van der Waals surface area contributed by atoms with Crippen LogP contribution in [0.25, 0.3) is 6.08 Å². The molecule has 1 aromatic rings. The molecule has 1 rings (SSSR count). The molecule has 0 spiro atoms. The van der Waals surface area contributed by atoms with Crippen LogP contribution in [0.3, 0.4) is 0 Å². The van der Waals surface area contributed by atoms with Gasteiger partial charge < -0.3 is 15.3 Å². The number of aromatic hydroxyl groups is 2. The zero-order valence-corrected chi connectivity index (χ0v) is 6.64. The van der Waals surface area contributed by atoms with E-state index in [0.717, 1.165) is 6.08 Å². The van der Waals surface area contributed by atoms with E-state index in [0.29, 0.717) is 5.56 Å². The molecule has 0 atom stereocenters. The Labute approximate surface area is 121 Å². The molecule has 0 saturated heterocycles. The molecule has 4 nitrogen and oxygen atoms in total. The molecule has 0 radical (unpaired) electrons. The van der Waals surface area contributed by atoms with E-state index in [4.69, 9.17) is 15.3 Å². The van der Waals surface area contributed by atoms with Crippen molar-refractivity contribution in [1.82, 2.24) is 0 Å². The van der Waals surface area contributed by atoms with Gasteiger partial charge in [0.15, 0.2) is 11.5 Å². The van der Waals surface area contributed by atoms with E-state index in [1.165, 1.54) is 24.3 Å². The Morgan fingerprint density at radius 1 is 1.21 bits per heavy atom. The first-order valence-electron chi connectivity index (χ1n) is 3.52. The molecule has 0 heterocycles. The van der Waals surface area contributed by atoms with Crippen molar-refractivity contribution in [1.29, 1.82) is 0 Å². The van der Waals surface area contributed by atoms with Crippen LogP contribution < -0.4 is 0 Å². The van der Waals surface area contributed by atoms with Crippen LogP contribution in [0.4, 0.5) is 0 Å². The summed E-state index contributed by atoms with van der Waals surface area (Å²) in [4.78, 5) is 10.1. The van der Waals surface area contributed by atoms with Crippen molar-refractivity contribution in [3.63, 3.8) is 0 Å². The van der Waals surface area contributed by atoms with Crippen LogP contribution in [0.5, 0.6) is 11.5 Å².